The van der Waals surface area contributed by atoms with Gasteiger partial charge in [0.1, 0.15) is 17.0 Å². The average molecular weight is 395 g/mol. The summed E-state index contributed by atoms with van der Waals surface area (Å²) in [5.74, 6) is 0.869. The molecule has 1 aliphatic carbocycles. The molecule has 1 N–H and O–H groups in total. The van der Waals surface area contributed by atoms with Crippen molar-refractivity contribution < 1.29 is 9.47 Å². The molecule has 7 heteroatoms. The summed E-state index contributed by atoms with van der Waals surface area (Å²) < 4.78 is 11.3. The van der Waals surface area contributed by atoms with Gasteiger partial charge in [0.15, 0.2) is 0 Å². The van der Waals surface area contributed by atoms with Crippen molar-refractivity contribution in [2.45, 2.75) is 31.4 Å². The van der Waals surface area contributed by atoms with Gasteiger partial charge in [0.25, 0.3) is 0 Å². The second kappa shape index (κ2) is 6.92. The van der Waals surface area contributed by atoms with Crippen LogP contribution in [-0.2, 0) is 28.9 Å². The van der Waals surface area contributed by atoms with Crippen LogP contribution in [0.15, 0.2) is 29.5 Å². The quantitative estimate of drug-likeness (QED) is 0.711. The number of methoxy groups -OCH3 is 2. The molecule has 0 spiro atoms. The summed E-state index contributed by atoms with van der Waals surface area (Å²) in [7, 11) is 3.51. The van der Waals surface area contributed by atoms with E-state index >= 15 is 0 Å². The first kappa shape index (κ1) is 17.7. The topological polar surface area (TPSA) is 68.6 Å². The predicted octanol–water partition coefficient (Wildman–Crippen LogP) is 3.89. The first-order valence-corrected chi connectivity index (χ1v) is 10.2. The average Bonchev–Trinajstić information content (AvgIpc) is 3.31. The molecule has 2 aromatic heterocycles. The van der Waals surface area contributed by atoms with Crippen LogP contribution < -0.4 is 5.32 Å². The molecular weight excluding hydrogens is 372 g/mol. The lowest BCUT2D eigenvalue weighted by atomic mass is 9.84. The second-order valence-electron chi connectivity index (χ2n) is 7.41. The van der Waals surface area contributed by atoms with Crippen LogP contribution in [-0.4, -0.2) is 42.6 Å². The molecule has 0 fully saturated rings. The highest BCUT2D eigenvalue weighted by molar-refractivity contribution is 7.19. The number of aromatic nitrogens is 2. The van der Waals surface area contributed by atoms with E-state index < -0.39 is 0 Å². The van der Waals surface area contributed by atoms with Crippen molar-refractivity contribution in [1.82, 2.24) is 9.97 Å². The SMILES string of the molecule is COC[C@]1(OC)CCc2c(sc3ncnc(Nc4ccc5c(c4)C=NC5)c23)C1. The summed E-state index contributed by atoms with van der Waals surface area (Å²) >= 11 is 1.74. The second-order valence-corrected chi connectivity index (χ2v) is 8.50. The van der Waals surface area contributed by atoms with Crippen LogP contribution in [0.25, 0.3) is 10.2 Å². The molecule has 28 heavy (non-hydrogen) atoms. The Kier molecular flexibility index (Phi) is 4.38. The minimum Gasteiger partial charge on any atom is -0.382 e. The standard InChI is InChI=1S/C21H22N4O2S/c1-26-11-21(27-2)6-5-16-17(8-21)28-20-18(16)19(23-12-24-20)25-15-4-3-13-9-22-10-14(13)7-15/h3-4,7,10,12H,5-6,8-9,11H2,1-2H3,(H,23,24,25)/t21-/m0/s1. The van der Waals surface area contributed by atoms with E-state index in [-0.39, 0.29) is 5.60 Å². The maximum absolute atomic E-state index is 5.86. The first-order valence-electron chi connectivity index (χ1n) is 9.40. The maximum atomic E-state index is 5.86. The molecule has 2 aliphatic rings. The fraction of sp³-hybridized carbons (Fsp3) is 0.381. The number of aliphatic imine (C=N–C) groups is 1. The van der Waals surface area contributed by atoms with Crippen molar-refractivity contribution in [2.24, 2.45) is 4.99 Å². The van der Waals surface area contributed by atoms with Crippen LogP contribution >= 0.6 is 11.3 Å². The number of ether oxygens (including phenoxy) is 2. The number of aryl methyl sites for hydroxylation is 1. The molecule has 1 atom stereocenters. The normalized spacial score (nSPS) is 20.4. The maximum Gasteiger partial charge on any atom is 0.142 e. The number of benzene rings is 1. The van der Waals surface area contributed by atoms with Crippen LogP contribution in [0.3, 0.4) is 0 Å². The van der Waals surface area contributed by atoms with Crippen LogP contribution in [0, 0.1) is 0 Å². The summed E-state index contributed by atoms with van der Waals surface area (Å²) in [6.07, 6.45) is 6.29. The van der Waals surface area contributed by atoms with E-state index in [0.717, 1.165) is 47.5 Å². The third kappa shape index (κ3) is 2.90. The third-order valence-corrected chi connectivity index (χ3v) is 6.87. The van der Waals surface area contributed by atoms with E-state index in [1.807, 2.05) is 6.21 Å². The number of anilines is 2. The van der Waals surface area contributed by atoms with Gasteiger partial charge in [0.2, 0.25) is 0 Å². The predicted molar refractivity (Wildman–Crippen MR) is 112 cm³/mol. The van der Waals surface area contributed by atoms with Gasteiger partial charge in [-0.15, -0.1) is 11.3 Å². The Bertz CT molecular complexity index is 1080. The van der Waals surface area contributed by atoms with E-state index in [0.29, 0.717) is 6.61 Å². The first-order chi connectivity index (χ1) is 13.7. The minimum atomic E-state index is -0.247. The van der Waals surface area contributed by atoms with Gasteiger partial charge in [-0.25, -0.2) is 9.97 Å². The largest absolute Gasteiger partial charge is 0.382 e. The van der Waals surface area contributed by atoms with E-state index in [9.17, 15) is 0 Å². The lowest BCUT2D eigenvalue weighted by molar-refractivity contribution is -0.0714. The zero-order chi connectivity index (χ0) is 19.1. The van der Waals surface area contributed by atoms with Crippen LogP contribution in [0.2, 0.25) is 0 Å². The molecule has 6 nitrogen and oxygen atoms in total. The van der Waals surface area contributed by atoms with E-state index in [1.54, 1.807) is 31.9 Å². The van der Waals surface area contributed by atoms with Gasteiger partial charge < -0.3 is 14.8 Å². The summed E-state index contributed by atoms with van der Waals surface area (Å²) in [5, 5.41) is 4.65. The highest BCUT2D eigenvalue weighted by Crippen LogP contribution is 2.42. The van der Waals surface area contributed by atoms with Gasteiger partial charge in [-0.1, -0.05) is 6.07 Å². The zero-order valence-corrected chi connectivity index (χ0v) is 16.8. The smallest absolute Gasteiger partial charge is 0.142 e. The van der Waals surface area contributed by atoms with Gasteiger partial charge >= 0.3 is 0 Å². The number of nitrogens with zero attached hydrogens (tertiary/aromatic N) is 3. The molecule has 3 aromatic rings. The molecule has 0 amide bonds. The third-order valence-electron chi connectivity index (χ3n) is 5.73. The zero-order valence-electron chi connectivity index (χ0n) is 16.0. The Hall–Kier alpha value is -2.35. The highest BCUT2D eigenvalue weighted by atomic mass is 32.1. The minimum absolute atomic E-state index is 0.247. The number of nitrogens with one attached hydrogen (secondary N) is 1. The van der Waals surface area contributed by atoms with Crippen molar-refractivity contribution in [3.05, 3.63) is 46.1 Å². The Morgan fingerprint density at radius 2 is 2.18 bits per heavy atom. The monoisotopic (exact) mass is 394 g/mol. The summed E-state index contributed by atoms with van der Waals surface area (Å²) in [4.78, 5) is 15.8. The summed E-state index contributed by atoms with van der Waals surface area (Å²) in [6.45, 7) is 1.37. The molecule has 0 saturated carbocycles. The van der Waals surface area contributed by atoms with Gasteiger partial charge in [-0.3, -0.25) is 4.99 Å². The van der Waals surface area contributed by atoms with E-state index in [2.05, 4.69) is 38.5 Å². The molecule has 0 radical (unpaired) electrons. The fourth-order valence-corrected chi connectivity index (χ4v) is 5.53. The molecule has 1 aromatic carbocycles. The van der Waals surface area contributed by atoms with Crippen molar-refractivity contribution in [2.75, 3.05) is 26.1 Å². The van der Waals surface area contributed by atoms with Crippen molar-refractivity contribution in [3.8, 4) is 0 Å². The molecular formula is C21H22N4O2S. The lowest BCUT2D eigenvalue weighted by Gasteiger charge is -2.35. The molecule has 1 aliphatic heterocycles. The number of fused-ring (bicyclic) bond motifs is 4. The molecule has 3 heterocycles. The van der Waals surface area contributed by atoms with Crippen LogP contribution in [0.4, 0.5) is 11.5 Å². The van der Waals surface area contributed by atoms with Gasteiger partial charge in [0.05, 0.1) is 24.1 Å². The van der Waals surface area contributed by atoms with E-state index in [1.165, 1.54) is 21.6 Å². The molecule has 0 bridgehead atoms. The molecule has 144 valence electrons. The molecule has 0 saturated heterocycles. The number of rotatable bonds is 5. The van der Waals surface area contributed by atoms with E-state index in [4.69, 9.17) is 9.47 Å². The van der Waals surface area contributed by atoms with Gasteiger partial charge in [-0.2, -0.15) is 0 Å². The van der Waals surface area contributed by atoms with Gasteiger partial charge in [0, 0.05) is 37.4 Å². The Morgan fingerprint density at radius 1 is 1.25 bits per heavy atom. The number of hydrogen-bond donors (Lipinski definition) is 1. The fourth-order valence-electron chi connectivity index (χ4n) is 4.21. The Morgan fingerprint density at radius 3 is 3.04 bits per heavy atom. The van der Waals surface area contributed by atoms with Crippen LogP contribution in [0.5, 0.6) is 0 Å². The van der Waals surface area contributed by atoms with Crippen molar-refractivity contribution >= 4 is 39.3 Å². The highest BCUT2D eigenvalue weighted by Gasteiger charge is 2.37. The van der Waals surface area contributed by atoms with Gasteiger partial charge in [-0.05, 0) is 41.7 Å². The van der Waals surface area contributed by atoms with Crippen molar-refractivity contribution in [3.63, 3.8) is 0 Å². The summed E-state index contributed by atoms with van der Waals surface area (Å²) in [6, 6.07) is 6.35. The van der Waals surface area contributed by atoms with Crippen molar-refractivity contribution in [1.29, 1.82) is 0 Å². The number of hydrogen-bond acceptors (Lipinski definition) is 7. The Balaban J connectivity index is 1.52. The molecule has 0 unspecified atom stereocenters. The number of thiophene rings is 1. The molecule has 5 rings (SSSR count). The Labute approximate surface area is 167 Å². The summed E-state index contributed by atoms with van der Waals surface area (Å²) in [5.41, 5.74) is 4.55. The lowest BCUT2D eigenvalue weighted by Crippen LogP contribution is -2.41. The van der Waals surface area contributed by atoms with Crippen LogP contribution in [0.1, 0.15) is 28.0 Å².